The van der Waals surface area contributed by atoms with Crippen LogP contribution in [0.25, 0.3) is 0 Å². The first-order chi connectivity index (χ1) is 11.5. The lowest BCUT2D eigenvalue weighted by molar-refractivity contribution is -0.150. The lowest BCUT2D eigenvalue weighted by atomic mass is 9.97. The second-order valence-corrected chi connectivity index (χ2v) is 7.38. The van der Waals surface area contributed by atoms with Gasteiger partial charge in [-0.3, -0.25) is 9.69 Å². The van der Waals surface area contributed by atoms with Crippen molar-refractivity contribution in [2.24, 2.45) is 0 Å². The van der Waals surface area contributed by atoms with E-state index in [0.717, 1.165) is 17.1 Å². The van der Waals surface area contributed by atoms with Gasteiger partial charge in [0.1, 0.15) is 5.01 Å². The molecule has 0 N–H and O–H groups in total. The maximum absolute atomic E-state index is 12.9. The molecule has 24 heavy (non-hydrogen) atoms. The number of hydrogen-bond acceptors (Lipinski definition) is 6. The summed E-state index contributed by atoms with van der Waals surface area (Å²) in [6, 6.07) is 10.1. The molecule has 1 aliphatic rings. The molecule has 1 aromatic carbocycles. The van der Waals surface area contributed by atoms with E-state index in [2.05, 4.69) is 27.2 Å². The van der Waals surface area contributed by atoms with Crippen LogP contribution < -0.4 is 4.74 Å². The number of hydrogen-bond donors (Lipinski definition) is 0. The fourth-order valence-corrected chi connectivity index (χ4v) is 3.59. The van der Waals surface area contributed by atoms with Crippen molar-refractivity contribution < 1.29 is 9.53 Å². The van der Waals surface area contributed by atoms with E-state index >= 15 is 0 Å². The van der Waals surface area contributed by atoms with Crippen LogP contribution in [-0.2, 0) is 17.9 Å². The van der Waals surface area contributed by atoms with Crippen LogP contribution in [0.2, 0.25) is 0 Å². The third-order valence-electron chi connectivity index (χ3n) is 4.41. The summed E-state index contributed by atoms with van der Waals surface area (Å²) in [5.41, 5.74) is 0.593. The van der Waals surface area contributed by atoms with Crippen molar-refractivity contribution in [3.63, 3.8) is 0 Å². The molecular formula is C17H22N4O2S. The van der Waals surface area contributed by atoms with E-state index in [4.69, 9.17) is 4.74 Å². The predicted octanol–water partition coefficient (Wildman–Crippen LogP) is 2.17. The summed E-state index contributed by atoms with van der Waals surface area (Å²) >= 11 is 1.42. The Hall–Kier alpha value is -1.99. The van der Waals surface area contributed by atoms with E-state index in [-0.39, 0.29) is 5.91 Å². The van der Waals surface area contributed by atoms with Gasteiger partial charge in [-0.25, -0.2) is 0 Å². The normalized spacial score (nSPS) is 18.0. The molecule has 0 aliphatic carbocycles. The van der Waals surface area contributed by atoms with Crippen molar-refractivity contribution in [2.75, 3.05) is 20.2 Å². The lowest BCUT2D eigenvalue weighted by Crippen LogP contribution is -2.62. The number of carbonyl (C=O) groups is 1. The fraction of sp³-hybridized carbons (Fsp3) is 0.471. The second-order valence-electron chi connectivity index (χ2n) is 6.36. The topological polar surface area (TPSA) is 58.6 Å². The van der Waals surface area contributed by atoms with Gasteiger partial charge in [-0.05, 0) is 19.4 Å². The molecule has 0 unspecified atom stereocenters. The minimum atomic E-state index is -0.564. The maximum Gasteiger partial charge on any atom is 0.293 e. The Morgan fingerprint density at radius 1 is 1.17 bits per heavy atom. The molecular weight excluding hydrogens is 324 g/mol. The number of rotatable bonds is 5. The Kier molecular flexibility index (Phi) is 4.82. The quantitative estimate of drug-likeness (QED) is 0.830. The first-order valence-corrected chi connectivity index (χ1v) is 8.77. The molecule has 3 rings (SSSR count). The second kappa shape index (κ2) is 6.86. The summed E-state index contributed by atoms with van der Waals surface area (Å²) < 4.78 is 5.09. The molecule has 0 spiro atoms. The van der Waals surface area contributed by atoms with Crippen molar-refractivity contribution in [3.8, 4) is 5.19 Å². The number of benzene rings is 1. The van der Waals surface area contributed by atoms with Gasteiger partial charge >= 0.3 is 0 Å². The summed E-state index contributed by atoms with van der Waals surface area (Å²) in [7, 11) is 1.58. The Morgan fingerprint density at radius 2 is 1.92 bits per heavy atom. The summed E-state index contributed by atoms with van der Waals surface area (Å²) in [6.45, 7) is 6.75. The van der Waals surface area contributed by atoms with Crippen LogP contribution in [-0.4, -0.2) is 51.6 Å². The molecule has 1 saturated heterocycles. The summed E-state index contributed by atoms with van der Waals surface area (Å²) in [5, 5.41) is 9.52. The Balaban J connectivity index is 1.69. The highest BCUT2D eigenvalue weighted by atomic mass is 32.1. The molecule has 0 radical (unpaired) electrons. The minimum absolute atomic E-state index is 0.147. The zero-order chi connectivity index (χ0) is 17.2. The van der Waals surface area contributed by atoms with E-state index in [9.17, 15) is 4.79 Å². The summed E-state index contributed by atoms with van der Waals surface area (Å²) in [6.07, 6.45) is 0. The smallest absolute Gasteiger partial charge is 0.293 e. The average Bonchev–Trinajstić information content (AvgIpc) is 3.04. The van der Waals surface area contributed by atoms with Crippen LogP contribution in [0.5, 0.6) is 5.19 Å². The van der Waals surface area contributed by atoms with Crippen LogP contribution >= 0.6 is 11.3 Å². The largest absolute Gasteiger partial charge is 0.472 e. The number of aromatic nitrogens is 2. The number of nitrogens with zero attached hydrogens (tertiary/aromatic N) is 4. The van der Waals surface area contributed by atoms with Gasteiger partial charge in [0, 0.05) is 19.6 Å². The Bertz CT molecular complexity index is 702. The van der Waals surface area contributed by atoms with Gasteiger partial charge in [0.25, 0.3) is 5.19 Å². The molecule has 7 heteroatoms. The molecule has 0 saturated carbocycles. The van der Waals surface area contributed by atoms with Crippen LogP contribution in [0, 0.1) is 0 Å². The number of methoxy groups -OCH3 is 1. The van der Waals surface area contributed by atoms with Gasteiger partial charge in [-0.2, -0.15) is 0 Å². The van der Waals surface area contributed by atoms with E-state index in [1.165, 1.54) is 11.3 Å². The van der Waals surface area contributed by atoms with E-state index in [0.29, 0.717) is 24.8 Å². The van der Waals surface area contributed by atoms with E-state index < -0.39 is 5.54 Å². The average molecular weight is 346 g/mol. The highest BCUT2D eigenvalue weighted by Gasteiger charge is 2.41. The molecule has 1 aromatic heterocycles. The highest BCUT2D eigenvalue weighted by Crippen LogP contribution is 2.27. The Morgan fingerprint density at radius 3 is 2.58 bits per heavy atom. The van der Waals surface area contributed by atoms with Gasteiger partial charge in [-0.15, -0.1) is 10.2 Å². The van der Waals surface area contributed by atoms with Crippen LogP contribution in [0.15, 0.2) is 30.3 Å². The predicted molar refractivity (Wildman–Crippen MR) is 92.8 cm³/mol. The standard InChI is InChI=1S/C17H22N4O2S/c1-17(2)15(22)20(11-13-7-5-4-6-8-13)9-10-21(17)12-14-18-19-16(23-3)24-14/h4-8H,9-12H2,1-3H3. The molecule has 1 aliphatic heterocycles. The zero-order valence-corrected chi connectivity index (χ0v) is 15.0. The molecule has 1 amide bonds. The van der Waals surface area contributed by atoms with E-state index in [1.54, 1.807) is 7.11 Å². The molecule has 128 valence electrons. The van der Waals surface area contributed by atoms with Gasteiger partial charge < -0.3 is 9.64 Å². The molecule has 2 heterocycles. The first kappa shape index (κ1) is 16.9. The van der Waals surface area contributed by atoms with Gasteiger partial charge in [0.05, 0.1) is 19.2 Å². The lowest BCUT2D eigenvalue weighted by Gasteiger charge is -2.45. The molecule has 2 aromatic rings. The zero-order valence-electron chi connectivity index (χ0n) is 14.2. The van der Waals surface area contributed by atoms with E-state index in [1.807, 2.05) is 36.9 Å². The third kappa shape index (κ3) is 3.42. The number of piperazine rings is 1. The summed E-state index contributed by atoms with van der Waals surface area (Å²) in [5.74, 6) is 0.147. The SMILES string of the molecule is COc1nnc(CN2CCN(Cc3ccccc3)C(=O)C2(C)C)s1. The van der Waals surface area contributed by atoms with Crippen LogP contribution in [0.1, 0.15) is 24.4 Å². The molecule has 1 fully saturated rings. The Labute approximate surface area is 146 Å². The molecule has 0 atom stereocenters. The minimum Gasteiger partial charge on any atom is -0.472 e. The first-order valence-electron chi connectivity index (χ1n) is 7.95. The number of amides is 1. The number of carbonyl (C=O) groups excluding carboxylic acids is 1. The van der Waals surface area contributed by atoms with Crippen LogP contribution in [0.3, 0.4) is 0 Å². The van der Waals surface area contributed by atoms with Crippen molar-refractivity contribution in [1.29, 1.82) is 0 Å². The van der Waals surface area contributed by atoms with Crippen molar-refractivity contribution in [2.45, 2.75) is 32.5 Å². The monoisotopic (exact) mass is 346 g/mol. The molecule has 6 nitrogen and oxygen atoms in total. The molecule has 0 bridgehead atoms. The van der Waals surface area contributed by atoms with Crippen molar-refractivity contribution in [3.05, 3.63) is 40.9 Å². The van der Waals surface area contributed by atoms with Crippen LogP contribution in [0.4, 0.5) is 0 Å². The van der Waals surface area contributed by atoms with Crippen molar-refractivity contribution >= 4 is 17.2 Å². The third-order valence-corrected chi connectivity index (χ3v) is 5.28. The number of ether oxygens (including phenoxy) is 1. The highest BCUT2D eigenvalue weighted by molar-refractivity contribution is 7.13. The summed E-state index contributed by atoms with van der Waals surface area (Å²) in [4.78, 5) is 17.0. The van der Waals surface area contributed by atoms with Gasteiger partial charge in [-0.1, -0.05) is 41.7 Å². The van der Waals surface area contributed by atoms with Gasteiger partial charge in [0.2, 0.25) is 5.91 Å². The van der Waals surface area contributed by atoms with Gasteiger partial charge in [0.15, 0.2) is 0 Å². The maximum atomic E-state index is 12.9. The van der Waals surface area contributed by atoms with Crippen molar-refractivity contribution in [1.82, 2.24) is 20.0 Å². The fourth-order valence-electron chi connectivity index (χ4n) is 2.92.